The standard InChI is InChI=1S/C23H19NO/c1-24(2)18-13-14-19-20(15-18)23(25)22(17-11-7-4-8-12-17)21(19)16-9-5-3-6-10-16/h3-15H,1-2H3. The molecular weight excluding hydrogens is 306 g/mol. The highest BCUT2D eigenvalue weighted by atomic mass is 16.1. The average molecular weight is 325 g/mol. The fraction of sp³-hybridized carbons (Fsp3) is 0.0870. The van der Waals surface area contributed by atoms with Crippen LogP contribution >= 0.6 is 0 Å². The van der Waals surface area contributed by atoms with Gasteiger partial charge in [0.05, 0.1) is 0 Å². The van der Waals surface area contributed by atoms with Gasteiger partial charge in [0, 0.05) is 36.5 Å². The number of hydrogen-bond donors (Lipinski definition) is 0. The molecule has 2 heteroatoms. The molecule has 0 unspecified atom stereocenters. The lowest BCUT2D eigenvalue weighted by Crippen LogP contribution is -2.09. The van der Waals surface area contributed by atoms with E-state index in [4.69, 9.17) is 0 Å². The van der Waals surface area contributed by atoms with Crippen molar-refractivity contribution in [3.8, 4) is 0 Å². The fourth-order valence-electron chi connectivity index (χ4n) is 3.38. The van der Waals surface area contributed by atoms with E-state index in [-0.39, 0.29) is 5.78 Å². The molecule has 25 heavy (non-hydrogen) atoms. The van der Waals surface area contributed by atoms with E-state index in [9.17, 15) is 4.79 Å². The van der Waals surface area contributed by atoms with Crippen molar-refractivity contribution in [3.63, 3.8) is 0 Å². The molecule has 0 aromatic heterocycles. The van der Waals surface area contributed by atoms with Crippen LogP contribution in [0.5, 0.6) is 0 Å². The van der Waals surface area contributed by atoms with Crippen LogP contribution in [0.25, 0.3) is 11.1 Å². The first-order valence-corrected chi connectivity index (χ1v) is 8.38. The summed E-state index contributed by atoms with van der Waals surface area (Å²) < 4.78 is 0. The quantitative estimate of drug-likeness (QED) is 0.682. The van der Waals surface area contributed by atoms with Gasteiger partial charge >= 0.3 is 0 Å². The highest BCUT2D eigenvalue weighted by molar-refractivity contribution is 6.41. The van der Waals surface area contributed by atoms with Gasteiger partial charge in [0.15, 0.2) is 5.78 Å². The predicted octanol–water partition coefficient (Wildman–Crippen LogP) is 4.91. The Kier molecular flexibility index (Phi) is 3.73. The first kappa shape index (κ1) is 15.4. The molecule has 0 saturated carbocycles. The molecule has 0 spiro atoms. The molecule has 3 aromatic carbocycles. The number of carbonyl (C=O) groups excluding carboxylic acids is 1. The lowest BCUT2D eigenvalue weighted by molar-refractivity contribution is 0.105. The lowest BCUT2D eigenvalue weighted by atomic mass is 9.94. The third-order valence-electron chi connectivity index (χ3n) is 4.64. The van der Waals surface area contributed by atoms with Crippen LogP contribution in [0.2, 0.25) is 0 Å². The molecule has 0 bridgehead atoms. The zero-order valence-electron chi connectivity index (χ0n) is 14.4. The summed E-state index contributed by atoms with van der Waals surface area (Å²) in [6.07, 6.45) is 0. The summed E-state index contributed by atoms with van der Waals surface area (Å²) in [4.78, 5) is 15.3. The molecule has 0 heterocycles. The summed E-state index contributed by atoms with van der Waals surface area (Å²) in [6, 6.07) is 26.3. The van der Waals surface area contributed by atoms with Crippen LogP contribution in [0.4, 0.5) is 5.69 Å². The van der Waals surface area contributed by atoms with Crippen molar-refractivity contribution in [1.29, 1.82) is 0 Å². The van der Waals surface area contributed by atoms with E-state index in [0.29, 0.717) is 0 Å². The molecule has 0 amide bonds. The highest BCUT2D eigenvalue weighted by Gasteiger charge is 2.31. The lowest BCUT2D eigenvalue weighted by Gasteiger charge is -2.14. The van der Waals surface area contributed by atoms with Gasteiger partial charge in [-0.3, -0.25) is 4.79 Å². The van der Waals surface area contributed by atoms with Gasteiger partial charge in [-0.2, -0.15) is 0 Å². The number of ketones is 1. The highest BCUT2D eigenvalue weighted by Crippen LogP contribution is 2.43. The maximum Gasteiger partial charge on any atom is 0.194 e. The van der Waals surface area contributed by atoms with Gasteiger partial charge in [-0.1, -0.05) is 66.7 Å². The van der Waals surface area contributed by atoms with Gasteiger partial charge in [0.2, 0.25) is 0 Å². The third-order valence-corrected chi connectivity index (χ3v) is 4.64. The van der Waals surface area contributed by atoms with Crippen LogP contribution in [0, 0.1) is 0 Å². The van der Waals surface area contributed by atoms with Gasteiger partial charge in [-0.05, 0) is 28.8 Å². The maximum absolute atomic E-state index is 13.3. The minimum Gasteiger partial charge on any atom is -0.378 e. The van der Waals surface area contributed by atoms with Crippen molar-refractivity contribution in [2.24, 2.45) is 0 Å². The van der Waals surface area contributed by atoms with E-state index < -0.39 is 0 Å². The molecule has 0 N–H and O–H groups in total. The normalized spacial score (nSPS) is 13.1. The minimum atomic E-state index is 0.101. The Bertz CT molecular complexity index is 969. The van der Waals surface area contributed by atoms with Crippen LogP contribution in [0.15, 0.2) is 78.9 Å². The zero-order chi connectivity index (χ0) is 17.4. The summed E-state index contributed by atoms with van der Waals surface area (Å²) in [7, 11) is 3.98. The summed E-state index contributed by atoms with van der Waals surface area (Å²) in [5.74, 6) is 0.101. The molecule has 0 aliphatic heterocycles. The molecule has 2 nitrogen and oxygen atoms in total. The second-order valence-corrected chi connectivity index (χ2v) is 6.44. The monoisotopic (exact) mass is 325 g/mol. The van der Waals surface area contributed by atoms with Crippen molar-refractivity contribution in [2.75, 3.05) is 19.0 Å². The van der Waals surface area contributed by atoms with E-state index in [2.05, 4.69) is 24.3 Å². The fourth-order valence-corrected chi connectivity index (χ4v) is 3.38. The van der Waals surface area contributed by atoms with Gasteiger partial charge in [-0.25, -0.2) is 0 Å². The molecule has 1 aliphatic rings. The Hall–Kier alpha value is -3.13. The molecule has 0 saturated heterocycles. The van der Waals surface area contributed by atoms with E-state index in [1.165, 1.54) is 0 Å². The molecule has 3 aromatic rings. The van der Waals surface area contributed by atoms with Crippen LogP contribution in [-0.4, -0.2) is 19.9 Å². The summed E-state index contributed by atoms with van der Waals surface area (Å²) in [5, 5.41) is 0. The number of carbonyl (C=O) groups is 1. The summed E-state index contributed by atoms with van der Waals surface area (Å²) in [5.41, 5.74) is 6.69. The first-order chi connectivity index (χ1) is 12.2. The van der Waals surface area contributed by atoms with Crippen molar-refractivity contribution >= 4 is 22.6 Å². The van der Waals surface area contributed by atoms with Crippen molar-refractivity contribution in [1.82, 2.24) is 0 Å². The Labute approximate surface area is 148 Å². The Morgan fingerprint density at radius 1 is 0.640 bits per heavy atom. The second kappa shape index (κ2) is 6.06. The number of rotatable bonds is 3. The van der Waals surface area contributed by atoms with Gasteiger partial charge in [0.1, 0.15) is 0 Å². The Morgan fingerprint density at radius 2 is 1.20 bits per heavy atom. The van der Waals surface area contributed by atoms with Crippen LogP contribution in [0.1, 0.15) is 27.0 Å². The maximum atomic E-state index is 13.3. The number of Topliss-reactive ketones (excluding diaryl/α,β-unsaturated/α-hetero) is 1. The number of anilines is 1. The first-order valence-electron chi connectivity index (χ1n) is 8.38. The number of nitrogens with zero attached hydrogens (tertiary/aromatic N) is 1. The van der Waals surface area contributed by atoms with Gasteiger partial charge in [0.25, 0.3) is 0 Å². The number of hydrogen-bond acceptors (Lipinski definition) is 2. The van der Waals surface area contributed by atoms with E-state index >= 15 is 0 Å². The Balaban J connectivity index is 1.99. The SMILES string of the molecule is CN(C)c1ccc2c(c1)C(=O)C(c1ccccc1)=C2c1ccccc1. The van der Waals surface area contributed by atoms with Crippen LogP contribution in [-0.2, 0) is 0 Å². The molecule has 0 radical (unpaired) electrons. The number of allylic oxidation sites excluding steroid dienone is 1. The molecule has 0 fully saturated rings. The predicted molar refractivity (Wildman–Crippen MR) is 104 cm³/mol. The largest absolute Gasteiger partial charge is 0.378 e. The zero-order valence-corrected chi connectivity index (χ0v) is 14.4. The number of benzene rings is 3. The average Bonchev–Trinajstić information content (AvgIpc) is 2.95. The summed E-state index contributed by atoms with van der Waals surface area (Å²) >= 11 is 0. The van der Waals surface area contributed by atoms with E-state index in [1.807, 2.05) is 73.6 Å². The molecular formula is C23H19NO. The van der Waals surface area contributed by atoms with Crippen molar-refractivity contribution in [2.45, 2.75) is 0 Å². The minimum absolute atomic E-state index is 0.101. The third kappa shape index (κ3) is 2.56. The number of fused-ring (bicyclic) bond motifs is 1. The Morgan fingerprint density at radius 3 is 1.76 bits per heavy atom. The second-order valence-electron chi connectivity index (χ2n) is 6.44. The van der Waals surface area contributed by atoms with Gasteiger partial charge < -0.3 is 4.90 Å². The molecule has 0 atom stereocenters. The smallest absolute Gasteiger partial charge is 0.194 e. The van der Waals surface area contributed by atoms with Crippen LogP contribution < -0.4 is 4.90 Å². The molecule has 122 valence electrons. The topological polar surface area (TPSA) is 20.3 Å². The molecule has 1 aliphatic carbocycles. The van der Waals surface area contributed by atoms with Crippen molar-refractivity contribution in [3.05, 3.63) is 101 Å². The van der Waals surface area contributed by atoms with Crippen molar-refractivity contribution < 1.29 is 4.79 Å². The van der Waals surface area contributed by atoms with Gasteiger partial charge in [-0.15, -0.1) is 0 Å². The van der Waals surface area contributed by atoms with E-state index in [0.717, 1.165) is 39.1 Å². The van der Waals surface area contributed by atoms with E-state index in [1.54, 1.807) is 0 Å². The van der Waals surface area contributed by atoms with Crippen LogP contribution in [0.3, 0.4) is 0 Å². The molecule has 4 rings (SSSR count). The summed E-state index contributed by atoms with van der Waals surface area (Å²) in [6.45, 7) is 0.